The second-order valence-corrected chi connectivity index (χ2v) is 7.28. The molecule has 3 rings (SSSR count). The molecule has 6 heteroatoms. The van der Waals surface area contributed by atoms with Crippen molar-refractivity contribution in [2.24, 2.45) is 0 Å². The van der Waals surface area contributed by atoms with E-state index in [4.69, 9.17) is 28.6 Å². The van der Waals surface area contributed by atoms with Gasteiger partial charge in [-0.15, -0.1) is 0 Å². The average molecular weight is 390 g/mol. The predicted octanol–water partition coefficient (Wildman–Crippen LogP) is 4.17. The number of hydrogen-bond donors (Lipinski definition) is 1. The molecule has 0 saturated carbocycles. The lowest BCUT2D eigenvalue weighted by Crippen LogP contribution is -2.49. The molecule has 0 aliphatic carbocycles. The number of thiocarbonyl (C=S) groups is 1. The van der Waals surface area contributed by atoms with Gasteiger partial charge >= 0.3 is 0 Å². The Morgan fingerprint density at radius 1 is 1.15 bits per heavy atom. The molecule has 2 aromatic rings. The molecule has 4 nitrogen and oxygen atoms in total. The quantitative estimate of drug-likeness (QED) is 0.792. The Morgan fingerprint density at radius 3 is 2.58 bits per heavy atom. The van der Waals surface area contributed by atoms with E-state index in [2.05, 4.69) is 34.2 Å². The highest BCUT2D eigenvalue weighted by Crippen LogP contribution is 2.26. The summed E-state index contributed by atoms with van der Waals surface area (Å²) < 4.78 is 5.42. The summed E-state index contributed by atoms with van der Waals surface area (Å²) >= 11 is 11.9. The van der Waals surface area contributed by atoms with Crippen LogP contribution in [0.5, 0.6) is 5.75 Å². The minimum absolute atomic E-state index is 0.742. The Bertz CT molecular complexity index is 775. The number of hydrogen-bond acceptors (Lipinski definition) is 3. The summed E-state index contributed by atoms with van der Waals surface area (Å²) in [6.07, 6.45) is 0. The fourth-order valence-electron chi connectivity index (χ4n) is 3.09. The van der Waals surface area contributed by atoms with Crippen molar-refractivity contribution in [3.63, 3.8) is 0 Å². The topological polar surface area (TPSA) is 27.7 Å². The first kappa shape index (κ1) is 19.0. The SMILES string of the molecule is COc1ccc(C)cc1NC(=S)N1CCN(Cc2ccccc2Cl)CC1. The van der Waals surface area contributed by atoms with Crippen LogP contribution in [0.3, 0.4) is 0 Å². The number of piperazine rings is 1. The molecule has 1 heterocycles. The van der Waals surface area contributed by atoms with Gasteiger partial charge in [-0.25, -0.2) is 0 Å². The zero-order valence-corrected chi connectivity index (χ0v) is 16.7. The molecule has 1 aliphatic rings. The monoisotopic (exact) mass is 389 g/mol. The lowest BCUT2D eigenvalue weighted by Gasteiger charge is -2.36. The predicted molar refractivity (Wildman–Crippen MR) is 112 cm³/mol. The van der Waals surface area contributed by atoms with E-state index in [1.807, 2.05) is 30.3 Å². The van der Waals surface area contributed by atoms with Gasteiger partial charge in [-0.05, 0) is 48.5 Å². The first-order valence-corrected chi connectivity index (χ1v) is 9.52. The number of nitrogens with zero attached hydrogens (tertiary/aromatic N) is 2. The van der Waals surface area contributed by atoms with Gasteiger partial charge in [-0.2, -0.15) is 0 Å². The smallest absolute Gasteiger partial charge is 0.173 e. The van der Waals surface area contributed by atoms with Gasteiger partial charge in [-0.1, -0.05) is 35.9 Å². The number of anilines is 1. The van der Waals surface area contributed by atoms with E-state index in [0.717, 1.165) is 54.3 Å². The van der Waals surface area contributed by atoms with Gasteiger partial charge in [0.1, 0.15) is 5.75 Å². The molecule has 0 aromatic heterocycles. The lowest BCUT2D eigenvalue weighted by molar-refractivity contribution is 0.177. The van der Waals surface area contributed by atoms with E-state index in [1.54, 1.807) is 7.11 Å². The average Bonchev–Trinajstić information content (AvgIpc) is 2.64. The molecule has 1 saturated heterocycles. The zero-order chi connectivity index (χ0) is 18.5. The summed E-state index contributed by atoms with van der Waals surface area (Å²) in [6, 6.07) is 14.1. The van der Waals surface area contributed by atoms with E-state index in [9.17, 15) is 0 Å². The molecule has 1 fully saturated rings. The minimum Gasteiger partial charge on any atom is -0.495 e. The van der Waals surface area contributed by atoms with Crippen molar-refractivity contribution in [1.82, 2.24) is 9.80 Å². The number of benzene rings is 2. The summed E-state index contributed by atoms with van der Waals surface area (Å²) in [5.74, 6) is 0.801. The highest BCUT2D eigenvalue weighted by atomic mass is 35.5. The third-order valence-electron chi connectivity index (χ3n) is 4.61. The second kappa shape index (κ2) is 8.71. The summed E-state index contributed by atoms with van der Waals surface area (Å²) in [5.41, 5.74) is 3.25. The standard InChI is InChI=1S/C20H24ClN3OS/c1-15-7-8-19(25-2)18(13-15)22-20(26)24-11-9-23(10-12-24)14-16-5-3-4-6-17(16)21/h3-8,13H,9-12,14H2,1-2H3,(H,22,26). The second-order valence-electron chi connectivity index (χ2n) is 6.49. The molecule has 0 radical (unpaired) electrons. The maximum atomic E-state index is 6.27. The molecule has 1 aliphatic heterocycles. The molecule has 0 unspecified atom stereocenters. The summed E-state index contributed by atoms with van der Waals surface area (Å²) in [7, 11) is 1.67. The van der Waals surface area contributed by atoms with Gasteiger partial charge in [-0.3, -0.25) is 4.90 Å². The van der Waals surface area contributed by atoms with Crippen molar-refractivity contribution in [1.29, 1.82) is 0 Å². The van der Waals surface area contributed by atoms with Crippen LogP contribution in [0.15, 0.2) is 42.5 Å². The van der Waals surface area contributed by atoms with E-state index >= 15 is 0 Å². The van der Waals surface area contributed by atoms with Gasteiger partial charge in [0, 0.05) is 37.7 Å². The van der Waals surface area contributed by atoms with Crippen LogP contribution in [0.25, 0.3) is 0 Å². The molecule has 1 N–H and O–H groups in total. The van der Waals surface area contributed by atoms with Crippen molar-refractivity contribution in [2.45, 2.75) is 13.5 Å². The Labute approximate surface area is 165 Å². The van der Waals surface area contributed by atoms with Crippen molar-refractivity contribution >= 4 is 34.6 Å². The number of methoxy groups -OCH3 is 1. The number of ether oxygens (including phenoxy) is 1. The van der Waals surface area contributed by atoms with E-state index in [0.29, 0.717) is 0 Å². The largest absolute Gasteiger partial charge is 0.495 e. The van der Waals surface area contributed by atoms with Crippen molar-refractivity contribution in [3.05, 3.63) is 58.6 Å². The van der Waals surface area contributed by atoms with Crippen LogP contribution < -0.4 is 10.1 Å². The van der Waals surface area contributed by atoms with E-state index in [1.165, 1.54) is 11.1 Å². The molecular formula is C20H24ClN3OS. The van der Waals surface area contributed by atoms with Crippen molar-refractivity contribution in [2.75, 3.05) is 38.6 Å². The van der Waals surface area contributed by atoms with Gasteiger partial charge in [0.15, 0.2) is 5.11 Å². The molecule has 0 spiro atoms. The van der Waals surface area contributed by atoms with Crippen LogP contribution >= 0.6 is 23.8 Å². The fraction of sp³-hybridized carbons (Fsp3) is 0.350. The lowest BCUT2D eigenvalue weighted by atomic mass is 10.2. The van der Waals surface area contributed by atoms with Crippen LogP contribution in [-0.4, -0.2) is 48.2 Å². The molecule has 138 valence electrons. The van der Waals surface area contributed by atoms with Crippen LogP contribution in [-0.2, 0) is 6.54 Å². The molecule has 26 heavy (non-hydrogen) atoms. The number of rotatable bonds is 4. The zero-order valence-electron chi connectivity index (χ0n) is 15.2. The maximum absolute atomic E-state index is 6.27. The van der Waals surface area contributed by atoms with E-state index < -0.39 is 0 Å². The highest BCUT2D eigenvalue weighted by molar-refractivity contribution is 7.80. The molecule has 0 amide bonds. The molecule has 2 aromatic carbocycles. The van der Waals surface area contributed by atoms with Crippen molar-refractivity contribution < 1.29 is 4.74 Å². The summed E-state index contributed by atoms with van der Waals surface area (Å²) in [4.78, 5) is 4.62. The number of aryl methyl sites for hydroxylation is 1. The van der Waals surface area contributed by atoms with Gasteiger partial charge in [0.25, 0.3) is 0 Å². The van der Waals surface area contributed by atoms with Gasteiger partial charge in [0.2, 0.25) is 0 Å². The Balaban J connectivity index is 1.55. The maximum Gasteiger partial charge on any atom is 0.173 e. The fourth-order valence-corrected chi connectivity index (χ4v) is 3.58. The summed E-state index contributed by atoms with van der Waals surface area (Å²) in [6.45, 7) is 6.63. The van der Waals surface area contributed by atoms with Crippen LogP contribution in [0, 0.1) is 6.92 Å². The van der Waals surface area contributed by atoms with E-state index in [-0.39, 0.29) is 0 Å². The van der Waals surface area contributed by atoms with Crippen LogP contribution in [0.4, 0.5) is 5.69 Å². The summed E-state index contributed by atoms with van der Waals surface area (Å²) in [5, 5.41) is 4.91. The Morgan fingerprint density at radius 2 is 1.88 bits per heavy atom. The normalized spacial score (nSPS) is 15.0. The number of halogens is 1. The highest BCUT2D eigenvalue weighted by Gasteiger charge is 2.20. The van der Waals surface area contributed by atoms with Gasteiger partial charge < -0.3 is 15.0 Å². The molecule has 0 atom stereocenters. The molecular weight excluding hydrogens is 366 g/mol. The minimum atomic E-state index is 0.742. The first-order valence-electron chi connectivity index (χ1n) is 8.73. The Kier molecular flexibility index (Phi) is 6.35. The third kappa shape index (κ3) is 4.67. The Hall–Kier alpha value is -1.82. The number of nitrogens with one attached hydrogen (secondary N) is 1. The van der Waals surface area contributed by atoms with Crippen LogP contribution in [0.1, 0.15) is 11.1 Å². The third-order valence-corrected chi connectivity index (χ3v) is 5.34. The van der Waals surface area contributed by atoms with Crippen LogP contribution in [0.2, 0.25) is 5.02 Å². The van der Waals surface area contributed by atoms with Gasteiger partial charge in [0.05, 0.1) is 12.8 Å². The molecule has 0 bridgehead atoms. The van der Waals surface area contributed by atoms with Crippen molar-refractivity contribution in [3.8, 4) is 5.75 Å². The first-order chi connectivity index (χ1) is 12.6.